The predicted octanol–water partition coefficient (Wildman–Crippen LogP) is 5.97. The molecular formula is C32H34N4O2S. The quantitative estimate of drug-likeness (QED) is 0.317. The number of nitrogens with zero attached hydrogens (tertiary/aromatic N) is 2. The van der Waals surface area contributed by atoms with Gasteiger partial charge in [-0.15, -0.1) is 0 Å². The highest BCUT2D eigenvalue weighted by Crippen LogP contribution is 2.30. The number of H-pyrrole nitrogens is 1. The van der Waals surface area contributed by atoms with Gasteiger partial charge in [-0.3, -0.25) is 14.5 Å². The predicted molar refractivity (Wildman–Crippen MR) is 158 cm³/mol. The molecule has 3 heterocycles. The van der Waals surface area contributed by atoms with Gasteiger partial charge in [0.25, 0.3) is 11.1 Å². The van der Waals surface area contributed by atoms with Crippen LogP contribution in [0.15, 0.2) is 78.9 Å². The van der Waals surface area contributed by atoms with Gasteiger partial charge < -0.3 is 15.2 Å². The molecule has 4 aromatic rings. The Morgan fingerprint density at radius 3 is 2.36 bits per heavy atom. The molecule has 1 saturated heterocycles. The van der Waals surface area contributed by atoms with Crippen molar-refractivity contribution in [3.05, 3.63) is 107 Å². The number of thioether (sulfide) groups is 1. The minimum absolute atomic E-state index is 0.0180. The average Bonchev–Trinajstić information content (AvgIpc) is 3.35. The summed E-state index contributed by atoms with van der Waals surface area (Å²) in [5.41, 5.74) is 6.49. The van der Waals surface area contributed by atoms with Gasteiger partial charge in [0.15, 0.2) is 0 Å². The summed E-state index contributed by atoms with van der Waals surface area (Å²) in [4.78, 5) is 34.1. The Morgan fingerprint density at radius 1 is 0.897 bits per heavy atom. The van der Waals surface area contributed by atoms with Gasteiger partial charge in [0, 0.05) is 78.7 Å². The minimum Gasteiger partial charge on any atom is -0.358 e. The van der Waals surface area contributed by atoms with Crippen molar-refractivity contribution in [3.63, 3.8) is 0 Å². The zero-order valence-corrected chi connectivity index (χ0v) is 22.9. The van der Waals surface area contributed by atoms with E-state index in [9.17, 15) is 9.59 Å². The lowest BCUT2D eigenvalue weighted by Gasteiger charge is -2.32. The summed E-state index contributed by atoms with van der Waals surface area (Å²) in [6.45, 7) is 4.20. The molecule has 0 spiro atoms. The molecule has 2 aliphatic heterocycles. The molecule has 0 aliphatic carbocycles. The third-order valence-electron chi connectivity index (χ3n) is 7.87. The van der Waals surface area contributed by atoms with Crippen LogP contribution in [-0.4, -0.2) is 51.6 Å². The molecule has 0 bridgehead atoms. The summed E-state index contributed by atoms with van der Waals surface area (Å²) >= 11 is 1.36. The molecule has 0 saturated carbocycles. The molecule has 0 atom stereocenters. The molecule has 0 unspecified atom stereocenters. The van der Waals surface area contributed by atoms with Crippen LogP contribution in [0.5, 0.6) is 0 Å². The molecule has 39 heavy (non-hydrogen) atoms. The lowest BCUT2D eigenvalue weighted by atomic mass is 10.0. The molecule has 6 nitrogen and oxygen atoms in total. The van der Waals surface area contributed by atoms with Crippen LogP contribution < -0.4 is 5.32 Å². The number of amides is 2. The lowest BCUT2D eigenvalue weighted by molar-refractivity contribution is 0.0909. The first-order chi connectivity index (χ1) is 19.1. The van der Waals surface area contributed by atoms with E-state index >= 15 is 0 Å². The number of likely N-dealkylation sites (tertiary alicyclic amines) is 1. The second kappa shape index (κ2) is 11.7. The molecule has 6 rings (SSSR count). The zero-order chi connectivity index (χ0) is 26.6. The standard InChI is InChI=1S/C32H34N4O2S/c37-31(33-26-13-16-35(17-14-26)20-23-7-3-1-4-8-23)25-11-12-29-27(19-25)28-21-36(18-15-30(28)34-29)32(38)39-22-24-9-5-2-6-10-24/h1-12,19,26,34H,13-18,20-22H2,(H,33,37). The number of rotatable bonds is 6. The molecule has 2 aliphatic rings. The van der Waals surface area contributed by atoms with E-state index in [4.69, 9.17) is 0 Å². The van der Waals surface area contributed by atoms with Gasteiger partial charge in [-0.25, -0.2) is 0 Å². The highest BCUT2D eigenvalue weighted by Gasteiger charge is 2.26. The zero-order valence-electron chi connectivity index (χ0n) is 22.1. The highest BCUT2D eigenvalue weighted by atomic mass is 32.2. The number of piperidine rings is 1. The Kier molecular flexibility index (Phi) is 7.70. The van der Waals surface area contributed by atoms with E-state index in [-0.39, 0.29) is 17.2 Å². The third-order valence-corrected chi connectivity index (χ3v) is 8.86. The Bertz CT molecular complexity index is 1450. The first-order valence-electron chi connectivity index (χ1n) is 13.8. The van der Waals surface area contributed by atoms with Crippen LogP contribution in [0.4, 0.5) is 4.79 Å². The lowest BCUT2D eigenvalue weighted by Crippen LogP contribution is -2.44. The van der Waals surface area contributed by atoms with Crippen molar-refractivity contribution in [2.24, 2.45) is 0 Å². The molecular weight excluding hydrogens is 504 g/mol. The van der Waals surface area contributed by atoms with Gasteiger partial charge in [0.05, 0.1) is 0 Å². The Labute approximate surface area is 233 Å². The van der Waals surface area contributed by atoms with Crippen LogP contribution in [0, 0.1) is 0 Å². The number of hydrogen-bond acceptors (Lipinski definition) is 4. The fourth-order valence-corrected chi connectivity index (χ4v) is 6.49. The van der Waals surface area contributed by atoms with E-state index < -0.39 is 0 Å². The molecule has 2 N–H and O–H groups in total. The van der Waals surface area contributed by atoms with E-state index in [0.29, 0.717) is 24.4 Å². The summed E-state index contributed by atoms with van der Waals surface area (Å²) < 4.78 is 0. The summed E-state index contributed by atoms with van der Waals surface area (Å²) in [7, 11) is 0. The fraction of sp³-hybridized carbons (Fsp3) is 0.312. The highest BCUT2D eigenvalue weighted by molar-refractivity contribution is 8.12. The second-order valence-electron chi connectivity index (χ2n) is 10.6. The average molecular weight is 539 g/mol. The number of carbonyl (C=O) groups is 2. The monoisotopic (exact) mass is 538 g/mol. The SMILES string of the molecule is O=C(NC1CCN(Cc2ccccc2)CC1)c1ccc2[nH]c3c(c2c1)CN(C(=O)SCc1ccccc1)CC3. The normalized spacial score (nSPS) is 16.3. The van der Waals surface area contributed by atoms with E-state index in [0.717, 1.165) is 60.9 Å². The van der Waals surface area contributed by atoms with Gasteiger partial charge in [-0.1, -0.05) is 72.4 Å². The van der Waals surface area contributed by atoms with Crippen LogP contribution in [0.1, 0.15) is 45.6 Å². The number of carbonyl (C=O) groups excluding carboxylic acids is 2. The van der Waals surface area contributed by atoms with Crippen LogP contribution in [0.2, 0.25) is 0 Å². The number of aromatic amines is 1. The maximum absolute atomic E-state index is 13.2. The summed E-state index contributed by atoms with van der Waals surface area (Å²) in [5, 5.41) is 4.42. The van der Waals surface area contributed by atoms with Crippen molar-refractivity contribution in [3.8, 4) is 0 Å². The van der Waals surface area contributed by atoms with Gasteiger partial charge in [-0.2, -0.15) is 0 Å². The van der Waals surface area contributed by atoms with Crippen LogP contribution in [0.3, 0.4) is 0 Å². The fourth-order valence-electron chi connectivity index (χ4n) is 5.67. The van der Waals surface area contributed by atoms with E-state index in [1.54, 1.807) is 0 Å². The van der Waals surface area contributed by atoms with Gasteiger partial charge in [-0.05, 0) is 42.2 Å². The van der Waals surface area contributed by atoms with Crippen molar-refractivity contribution in [2.75, 3.05) is 19.6 Å². The van der Waals surface area contributed by atoms with Crippen LogP contribution in [0.25, 0.3) is 10.9 Å². The van der Waals surface area contributed by atoms with Crippen LogP contribution >= 0.6 is 11.8 Å². The van der Waals surface area contributed by atoms with Crippen molar-refractivity contribution in [1.29, 1.82) is 0 Å². The van der Waals surface area contributed by atoms with E-state index in [1.807, 2.05) is 47.4 Å². The number of benzene rings is 3. The molecule has 3 aromatic carbocycles. The minimum atomic E-state index is -0.0180. The molecule has 7 heteroatoms. The number of aromatic nitrogens is 1. The Hall–Kier alpha value is -3.55. The summed E-state index contributed by atoms with van der Waals surface area (Å²) in [6.07, 6.45) is 2.71. The molecule has 0 radical (unpaired) electrons. The third kappa shape index (κ3) is 6.05. The van der Waals surface area contributed by atoms with Gasteiger partial charge in [0.1, 0.15) is 0 Å². The molecule has 200 valence electrons. The van der Waals surface area contributed by atoms with E-state index in [1.165, 1.54) is 23.0 Å². The summed E-state index contributed by atoms with van der Waals surface area (Å²) in [5.74, 6) is 0.655. The van der Waals surface area contributed by atoms with Gasteiger partial charge in [0.2, 0.25) is 0 Å². The van der Waals surface area contributed by atoms with Crippen molar-refractivity contribution < 1.29 is 9.59 Å². The van der Waals surface area contributed by atoms with Crippen LogP contribution in [-0.2, 0) is 25.3 Å². The number of fused-ring (bicyclic) bond motifs is 3. The van der Waals surface area contributed by atoms with Gasteiger partial charge >= 0.3 is 0 Å². The maximum atomic E-state index is 13.2. The van der Waals surface area contributed by atoms with Crippen molar-refractivity contribution in [1.82, 2.24) is 20.1 Å². The molecule has 2 amide bonds. The number of nitrogens with one attached hydrogen (secondary N) is 2. The van der Waals surface area contributed by atoms with E-state index in [2.05, 4.69) is 51.6 Å². The summed E-state index contributed by atoms with van der Waals surface area (Å²) in [6, 6.07) is 26.7. The smallest absolute Gasteiger partial charge is 0.282 e. The van der Waals surface area contributed by atoms with Crippen molar-refractivity contribution in [2.45, 2.75) is 44.1 Å². The Morgan fingerprint density at radius 2 is 1.62 bits per heavy atom. The second-order valence-corrected chi connectivity index (χ2v) is 11.5. The first kappa shape index (κ1) is 25.7. The topological polar surface area (TPSA) is 68.4 Å². The number of hydrogen-bond donors (Lipinski definition) is 2. The molecule has 1 aromatic heterocycles. The maximum Gasteiger partial charge on any atom is 0.282 e. The Balaban J connectivity index is 1.07. The molecule has 1 fully saturated rings. The van der Waals surface area contributed by atoms with Crippen molar-refractivity contribution >= 4 is 33.8 Å². The largest absolute Gasteiger partial charge is 0.358 e. The first-order valence-corrected chi connectivity index (χ1v) is 14.8.